The number of benzene rings is 1. The topological polar surface area (TPSA) is 30.0 Å². The molecule has 4 heteroatoms. The minimum absolute atomic E-state index is 0.1000. The highest BCUT2D eigenvalue weighted by molar-refractivity contribution is 6.33. The monoisotopic (exact) mass is 253 g/mol. The lowest BCUT2D eigenvalue weighted by Gasteiger charge is -2.06. The number of aromatic nitrogens is 1. The van der Waals surface area contributed by atoms with Gasteiger partial charge in [-0.2, -0.15) is 0 Å². The second kappa shape index (κ2) is 4.04. The van der Waals surface area contributed by atoms with E-state index in [1.807, 2.05) is 13.0 Å². The molecule has 0 unspecified atom stereocenters. The van der Waals surface area contributed by atoms with Crippen LogP contribution in [0.2, 0.25) is 10.2 Å². The molecule has 0 aliphatic heterocycles. The Morgan fingerprint density at radius 3 is 2.56 bits per heavy atom. The van der Waals surface area contributed by atoms with Gasteiger partial charge in [0.25, 0.3) is 0 Å². The van der Waals surface area contributed by atoms with Crippen LogP contribution in [0.5, 0.6) is 0 Å². The molecule has 0 N–H and O–H groups in total. The number of pyridine rings is 1. The van der Waals surface area contributed by atoms with Crippen molar-refractivity contribution in [2.75, 3.05) is 0 Å². The maximum atomic E-state index is 11.3. The first-order chi connectivity index (χ1) is 7.49. The number of rotatable bonds is 1. The number of nitrogens with zero attached hydrogens (tertiary/aromatic N) is 1. The standard InChI is InChI=1S/C12H9Cl2NO/c1-6-3-9(13)4-8-5-10(7(2)16)12(14)15-11(6)8/h3-5H,1-2H3. The lowest BCUT2D eigenvalue weighted by molar-refractivity contribution is 0.101. The number of hydrogen-bond acceptors (Lipinski definition) is 2. The molecule has 2 aromatic rings. The minimum Gasteiger partial charge on any atom is -0.294 e. The van der Waals surface area contributed by atoms with Gasteiger partial charge in [0.15, 0.2) is 5.78 Å². The molecule has 1 aromatic heterocycles. The Morgan fingerprint density at radius 1 is 1.25 bits per heavy atom. The zero-order chi connectivity index (χ0) is 11.9. The lowest BCUT2D eigenvalue weighted by Crippen LogP contribution is -1.97. The summed E-state index contributed by atoms with van der Waals surface area (Å²) in [6, 6.07) is 5.33. The van der Waals surface area contributed by atoms with Crippen molar-refractivity contribution in [1.82, 2.24) is 4.98 Å². The van der Waals surface area contributed by atoms with Gasteiger partial charge in [0.05, 0.1) is 11.1 Å². The number of halogens is 2. The minimum atomic E-state index is -0.1000. The number of fused-ring (bicyclic) bond motifs is 1. The average Bonchev–Trinajstić information content (AvgIpc) is 2.18. The first-order valence-corrected chi connectivity index (χ1v) is 5.52. The number of Topliss-reactive ketones (excluding diaryl/α,β-unsaturated/α-hetero) is 1. The van der Waals surface area contributed by atoms with Crippen LogP contribution in [-0.4, -0.2) is 10.8 Å². The third-order valence-electron chi connectivity index (χ3n) is 2.41. The van der Waals surface area contributed by atoms with Gasteiger partial charge in [0.2, 0.25) is 0 Å². The second-order valence-electron chi connectivity index (χ2n) is 3.68. The largest absolute Gasteiger partial charge is 0.294 e. The molecule has 0 saturated carbocycles. The molecule has 0 aliphatic rings. The zero-order valence-electron chi connectivity index (χ0n) is 8.84. The van der Waals surface area contributed by atoms with E-state index in [0.717, 1.165) is 16.5 Å². The fourth-order valence-corrected chi connectivity index (χ4v) is 2.20. The van der Waals surface area contributed by atoms with Gasteiger partial charge >= 0.3 is 0 Å². The average molecular weight is 254 g/mol. The van der Waals surface area contributed by atoms with Crippen LogP contribution in [0.25, 0.3) is 10.9 Å². The number of carbonyl (C=O) groups excluding carboxylic acids is 1. The summed E-state index contributed by atoms with van der Waals surface area (Å²) in [5, 5.41) is 1.70. The molecule has 16 heavy (non-hydrogen) atoms. The van der Waals surface area contributed by atoms with Crippen LogP contribution in [0, 0.1) is 6.92 Å². The van der Waals surface area contributed by atoms with E-state index in [-0.39, 0.29) is 10.9 Å². The molecule has 0 fully saturated rings. The summed E-state index contributed by atoms with van der Waals surface area (Å²) in [6.07, 6.45) is 0. The Kier molecular flexibility index (Phi) is 2.87. The lowest BCUT2D eigenvalue weighted by atomic mass is 10.1. The quantitative estimate of drug-likeness (QED) is 0.567. The molecule has 0 atom stereocenters. The van der Waals surface area contributed by atoms with Gasteiger partial charge < -0.3 is 0 Å². The molecular weight excluding hydrogens is 245 g/mol. The highest BCUT2D eigenvalue weighted by Gasteiger charge is 2.10. The van der Waals surface area contributed by atoms with E-state index >= 15 is 0 Å². The van der Waals surface area contributed by atoms with Crippen molar-refractivity contribution >= 4 is 39.9 Å². The smallest absolute Gasteiger partial charge is 0.162 e. The highest BCUT2D eigenvalue weighted by atomic mass is 35.5. The zero-order valence-corrected chi connectivity index (χ0v) is 10.4. The Hall–Kier alpha value is -1.12. The Morgan fingerprint density at radius 2 is 1.94 bits per heavy atom. The molecule has 82 valence electrons. The molecule has 1 heterocycles. The van der Waals surface area contributed by atoms with E-state index in [1.165, 1.54) is 6.92 Å². The van der Waals surface area contributed by atoms with Gasteiger partial charge in [-0.25, -0.2) is 4.98 Å². The van der Waals surface area contributed by atoms with Gasteiger partial charge in [-0.1, -0.05) is 23.2 Å². The van der Waals surface area contributed by atoms with E-state index in [2.05, 4.69) is 4.98 Å². The number of hydrogen-bond donors (Lipinski definition) is 0. The molecule has 2 rings (SSSR count). The van der Waals surface area contributed by atoms with E-state index in [9.17, 15) is 4.79 Å². The second-order valence-corrected chi connectivity index (χ2v) is 4.47. The van der Waals surface area contributed by atoms with Crippen LogP contribution in [-0.2, 0) is 0 Å². The summed E-state index contributed by atoms with van der Waals surface area (Å²) in [7, 11) is 0. The summed E-state index contributed by atoms with van der Waals surface area (Å²) >= 11 is 11.9. The number of ketones is 1. The Balaban J connectivity index is 2.84. The van der Waals surface area contributed by atoms with E-state index in [1.54, 1.807) is 12.1 Å². The molecular formula is C12H9Cl2NO. The summed E-state index contributed by atoms with van der Waals surface area (Å²) in [5.41, 5.74) is 2.15. The summed E-state index contributed by atoms with van der Waals surface area (Å²) in [6.45, 7) is 3.37. The van der Waals surface area contributed by atoms with Crippen LogP contribution in [0.4, 0.5) is 0 Å². The first-order valence-electron chi connectivity index (χ1n) is 4.76. The molecule has 0 bridgehead atoms. The van der Waals surface area contributed by atoms with Gasteiger partial charge in [-0.15, -0.1) is 0 Å². The van der Waals surface area contributed by atoms with E-state index in [0.29, 0.717) is 10.6 Å². The molecule has 1 aromatic carbocycles. The molecule has 2 nitrogen and oxygen atoms in total. The van der Waals surface area contributed by atoms with Crippen LogP contribution in [0.15, 0.2) is 18.2 Å². The van der Waals surface area contributed by atoms with Crippen molar-refractivity contribution in [1.29, 1.82) is 0 Å². The molecule has 0 spiro atoms. The van der Waals surface area contributed by atoms with Crippen molar-refractivity contribution in [2.45, 2.75) is 13.8 Å². The fraction of sp³-hybridized carbons (Fsp3) is 0.167. The third-order valence-corrected chi connectivity index (χ3v) is 2.91. The first kappa shape index (κ1) is 11.4. The number of aryl methyl sites for hydroxylation is 1. The van der Waals surface area contributed by atoms with Gasteiger partial charge in [0.1, 0.15) is 5.15 Å². The van der Waals surface area contributed by atoms with Gasteiger partial charge in [0, 0.05) is 10.4 Å². The summed E-state index contributed by atoms with van der Waals surface area (Å²) < 4.78 is 0. The number of carbonyl (C=O) groups is 1. The summed E-state index contributed by atoms with van der Waals surface area (Å²) in [4.78, 5) is 15.5. The van der Waals surface area contributed by atoms with Crippen LogP contribution in [0.1, 0.15) is 22.8 Å². The van der Waals surface area contributed by atoms with Gasteiger partial charge in [-0.3, -0.25) is 4.79 Å². The normalized spacial score (nSPS) is 10.8. The van der Waals surface area contributed by atoms with Crippen molar-refractivity contribution in [2.24, 2.45) is 0 Å². The van der Waals surface area contributed by atoms with Crippen molar-refractivity contribution in [3.63, 3.8) is 0 Å². The molecule has 0 radical (unpaired) electrons. The Bertz CT molecular complexity index is 593. The predicted octanol–water partition coefficient (Wildman–Crippen LogP) is 4.05. The Labute approximate surface area is 103 Å². The maximum Gasteiger partial charge on any atom is 0.162 e. The van der Waals surface area contributed by atoms with E-state index in [4.69, 9.17) is 23.2 Å². The molecule has 0 saturated heterocycles. The molecule has 0 amide bonds. The maximum absolute atomic E-state index is 11.3. The van der Waals surface area contributed by atoms with Crippen LogP contribution in [0.3, 0.4) is 0 Å². The van der Waals surface area contributed by atoms with Crippen LogP contribution >= 0.6 is 23.2 Å². The van der Waals surface area contributed by atoms with Gasteiger partial charge in [-0.05, 0) is 37.6 Å². The van der Waals surface area contributed by atoms with Crippen molar-refractivity contribution < 1.29 is 4.79 Å². The van der Waals surface area contributed by atoms with E-state index < -0.39 is 0 Å². The van der Waals surface area contributed by atoms with Crippen molar-refractivity contribution in [3.05, 3.63) is 39.5 Å². The predicted molar refractivity (Wildman–Crippen MR) is 66.5 cm³/mol. The van der Waals surface area contributed by atoms with Crippen molar-refractivity contribution in [3.8, 4) is 0 Å². The fourth-order valence-electron chi connectivity index (χ4n) is 1.64. The van der Waals surface area contributed by atoms with Crippen LogP contribution < -0.4 is 0 Å². The highest BCUT2D eigenvalue weighted by Crippen LogP contribution is 2.26. The third kappa shape index (κ3) is 1.91. The SMILES string of the molecule is CC(=O)c1cc2cc(Cl)cc(C)c2nc1Cl. The molecule has 0 aliphatic carbocycles. The summed E-state index contributed by atoms with van der Waals surface area (Å²) in [5.74, 6) is -0.1000.